The zero-order valence-electron chi connectivity index (χ0n) is 10.8. The van der Waals surface area contributed by atoms with Gasteiger partial charge in [-0.3, -0.25) is 0 Å². The van der Waals surface area contributed by atoms with Crippen LogP contribution in [0.25, 0.3) is 10.9 Å². The van der Waals surface area contributed by atoms with Gasteiger partial charge >= 0.3 is 6.09 Å². The maximum absolute atomic E-state index is 10.2. The van der Waals surface area contributed by atoms with Gasteiger partial charge in [0.2, 0.25) is 5.88 Å². The SMILES string of the molecule is O=C(O)NCCCCOc1ccc2cc(Br)ccc2n1. The Hall–Kier alpha value is -1.82. The van der Waals surface area contributed by atoms with Gasteiger partial charge in [-0.15, -0.1) is 0 Å². The largest absolute Gasteiger partial charge is 0.478 e. The van der Waals surface area contributed by atoms with Gasteiger partial charge in [-0.1, -0.05) is 15.9 Å². The predicted molar refractivity (Wildman–Crippen MR) is 80.2 cm³/mol. The van der Waals surface area contributed by atoms with Crippen molar-refractivity contribution >= 4 is 32.9 Å². The molecule has 0 bridgehead atoms. The molecule has 106 valence electrons. The summed E-state index contributed by atoms with van der Waals surface area (Å²) in [6, 6.07) is 9.68. The van der Waals surface area contributed by atoms with Crippen LogP contribution in [0.2, 0.25) is 0 Å². The molecule has 1 aromatic carbocycles. The van der Waals surface area contributed by atoms with Gasteiger partial charge in [-0.2, -0.15) is 0 Å². The van der Waals surface area contributed by atoms with Crippen LogP contribution in [0.15, 0.2) is 34.8 Å². The molecule has 0 spiro atoms. The third-order valence-corrected chi connectivity index (χ3v) is 3.22. The monoisotopic (exact) mass is 338 g/mol. The average molecular weight is 339 g/mol. The molecule has 0 radical (unpaired) electrons. The first-order valence-electron chi connectivity index (χ1n) is 6.31. The number of carboxylic acid groups (broad SMARTS) is 1. The zero-order valence-corrected chi connectivity index (χ0v) is 12.4. The minimum atomic E-state index is -0.992. The standard InChI is InChI=1S/C14H15BrN2O3/c15-11-4-5-12-10(9-11)3-6-13(17-12)20-8-2-1-7-16-14(18)19/h3-6,9,16H,1-2,7-8H2,(H,18,19). The van der Waals surface area contributed by atoms with E-state index in [9.17, 15) is 4.79 Å². The van der Waals surface area contributed by atoms with Crippen molar-refractivity contribution in [1.29, 1.82) is 0 Å². The number of amides is 1. The Morgan fingerprint density at radius 1 is 1.30 bits per heavy atom. The molecule has 0 aliphatic heterocycles. The molecule has 0 atom stereocenters. The summed E-state index contributed by atoms with van der Waals surface area (Å²) in [6.45, 7) is 0.966. The fourth-order valence-corrected chi connectivity index (χ4v) is 2.14. The number of hydrogen-bond donors (Lipinski definition) is 2. The number of rotatable bonds is 6. The summed E-state index contributed by atoms with van der Waals surface area (Å²) in [4.78, 5) is 14.7. The Morgan fingerprint density at radius 2 is 2.15 bits per heavy atom. The van der Waals surface area contributed by atoms with Gasteiger partial charge in [-0.25, -0.2) is 9.78 Å². The molecular formula is C14H15BrN2O3. The fourth-order valence-electron chi connectivity index (χ4n) is 1.76. The van der Waals surface area contributed by atoms with Crippen LogP contribution in [-0.2, 0) is 0 Å². The van der Waals surface area contributed by atoms with Gasteiger partial charge in [0, 0.05) is 22.5 Å². The van der Waals surface area contributed by atoms with E-state index in [1.54, 1.807) is 0 Å². The van der Waals surface area contributed by atoms with Gasteiger partial charge < -0.3 is 15.2 Å². The first-order valence-corrected chi connectivity index (χ1v) is 7.10. The number of aromatic nitrogens is 1. The van der Waals surface area contributed by atoms with Gasteiger partial charge in [0.05, 0.1) is 12.1 Å². The molecule has 2 aromatic rings. The number of carbonyl (C=O) groups is 1. The molecule has 0 aliphatic carbocycles. The Bertz CT molecular complexity index is 604. The lowest BCUT2D eigenvalue weighted by Gasteiger charge is -2.06. The minimum absolute atomic E-state index is 0.442. The lowest BCUT2D eigenvalue weighted by Crippen LogP contribution is -2.22. The van der Waals surface area contributed by atoms with E-state index in [1.807, 2.05) is 30.3 Å². The molecule has 0 saturated heterocycles. The number of hydrogen-bond acceptors (Lipinski definition) is 3. The summed E-state index contributed by atoms with van der Waals surface area (Å²) in [7, 11) is 0. The van der Waals surface area contributed by atoms with E-state index in [0.717, 1.165) is 28.2 Å². The second-order valence-electron chi connectivity index (χ2n) is 4.27. The number of ether oxygens (including phenoxy) is 1. The molecule has 0 aliphatic rings. The van der Waals surface area contributed by atoms with Crippen LogP contribution in [-0.4, -0.2) is 29.3 Å². The average Bonchev–Trinajstić information content (AvgIpc) is 2.42. The van der Waals surface area contributed by atoms with E-state index in [4.69, 9.17) is 9.84 Å². The zero-order chi connectivity index (χ0) is 14.4. The van der Waals surface area contributed by atoms with E-state index < -0.39 is 6.09 Å². The highest BCUT2D eigenvalue weighted by molar-refractivity contribution is 9.10. The van der Waals surface area contributed by atoms with E-state index in [1.165, 1.54) is 0 Å². The van der Waals surface area contributed by atoms with Crippen LogP contribution in [0.4, 0.5) is 4.79 Å². The van der Waals surface area contributed by atoms with Crippen molar-refractivity contribution in [3.8, 4) is 5.88 Å². The number of nitrogens with zero attached hydrogens (tertiary/aromatic N) is 1. The van der Waals surface area contributed by atoms with Gasteiger partial charge in [0.15, 0.2) is 0 Å². The lowest BCUT2D eigenvalue weighted by atomic mass is 10.2. The maximum Gasteiger partial charge on any atom is 0.404 e. The summed E-state index contributed by atoms with van der Waals surface area (Å²) in [5.41, 5.74) is 0.887. The van der Waals surface area contributed by atoms with Gasteiger partial charge in [-0.05, 0) is 37.1 Å². The first kappa shape index (κ1) is 14.6. The quantitative estimate of drug-likeness (QED) is 0.791. The summed E-state index contributed by atoms with van der Waals surface area (Å²) in [5, 5.41) is 11.8. The van der Waals surface area contributed by atoms with E-state index in [0.29, 0.717) is 19.0 Å². The molecule has 0 saturated carbocycles. The normalized spacial score (nSPS) is 10.4. The molecule has 2 N–H and O–H groups in total. The third-order valence-electron chi connectivity index (χ3n) is 2.72. The molecule has 20 heavy (non-hydrogen) atoms. The summed E-state index contributed by atoms with van der Waals surface area (Å²) in [5.74, 6) is 0.589. The van der Waals surface area contributed by atoms with Crippen LogP contribution < -0.4 is 10.1 Å². The van der Waals surface area contributed by atoms with Crippen molar-refractivity contribution in [1.82, 2.24) is 10.3 Å². The Morgan fingerprint density at radius 3 is 2.95 bits per heavy atom. The molecule has 0 unspecified atom stereocenters. The lowest BCUT2D eigenvalue weighted by molar-refractivity contribution is 0.194. The maximum atomic E-state index is 10.2. The molecule has 1 aromatic heterocycles. The molecule has 1 amide bonds. The molecule has 6 heteroatoms. The van der Waals surface area contributed by atoms with Crippen molar-refractivity contribution < 1.29 is 14.6 Å². The number of unbranched alkanes of at least 4 members (excludes halogenated alkanes) is 1. The second-order valence-corrected chi connectivity index (χ2v) is 5.19. The fraction of sp³-hybridized carbons (Fsp3) is 0.286. The van der Waals surface area contributed by atoms with Crippen molar-refractivity contribution in [2.24, 2.45) is 0 Å². The van der Waals surface area contributed by atoms with Crippen molar-refractivity contribution in [3.05, 3.63) is 34.8 Å². The molecular weight excluding hydrogens is 324 g/mol. The number of benzene rings is 1. The molecule has 0 fully saturated rings. The van der Waals surface area contributed by atoms with Crippen LogP contribution in [0.1, 0.15) is 12.8 Å². The van der Waals surface area contributed by atoms with Crippen molar-refractivity contribution in [2.45, 2.75) is 12.8 Å². The Labute approximate surface area is 125 Å². The van der Waals surface area contributed by atoms with Crippen molar-refractivity contribution in [3.63, 3.8) is 0 Å². The van der Waals surface area contributed by atoms with Gasteiger partial charge in [0.1, 0.15) is 0 Å². The minimum Gasteiger partial charge on any atom is -0.478 e. The molecule has 2 rings (SSSR count). The van der Waals surface area contributed by atoms with Gasteiger partial charge in [0.25, 0.3) is 0 Å². The smallest absolute Gasteiger partial charge is 0.404 e. The highest BCUT2D eigenvalue weighted by Gasteiger charge is 2.00. The van der Waals surface area contributed by atoms with Crippen molar-refractivity contribution in [2.75, 3.05) is 13.2 Å². The number of nitrogens with one attached hydrogen (secondary N) is 1. The highest BCUT2D eigenvalue weighted by atomic mass is 79.9. The number of pyridine rings is 1. The number of halogens is 1. The molecule has 1 heterocycles. The second kappa shape index (κ2) is 7.09. The summed E-state index contributed by atoms with van der Waals surface area (Å²) < 4.78 is 6.57. The van der Waals surface area contributed by atoms with Crippen LogP contribution in [0, 0.1) is 0 Å². The highest BCUT2D eigenvalue weighted by Crippen LogP contribution is 2.20. The third kappa shape index (κ3) is 4.38. The molecule has 5 nitrogen and oxygen atoms in total. The van der Waals surface area contributed by atoms with Crippen LogP contribution >= 0.6 is 15.9 Å². The summed E-state index contributed by atoms with van der Waals surface area (Å²) in [6.07, 6.45) is 0.529. The predicted octanol–water partition coefficient (Wildman–Crippen LogP) is 3.42. The Kier molecular flexibility index (Phi) is 5.17. The van der Waals surface area contributed by atoms with E-state index >= 15 is 0 Å². The van der Waals surface area contributed by atoms with E-state index in [-0.39, 0.29) is 0 Å². The number of fused-ring (bicyclic) bond motifs is 1. The van der Waals surface area contributed by atoms with E-state index in [2.05, 4.69) is 26.2 Å². The Balaban J connectivity index is 1.81. The summed E-state index contributed by atoms with van der Waals surface area (Å²) >= 11 is 3.42. The first-order chi connectivity index (χ1) is 9.65. The van der Waals surface area contributed by atoms with Crippen LogP contribution in [0.5, 0.6) is 5.88 Å². The topological polar surface area (TPSA) is 71.5 Å². The van der Waals surface area contributed by atoms with Crippen LogP contribution in [0.3, 0.4) is 0 Å².